The van der Waals surface area contributed by atoms with E-state index in [1.165, 1.54) is 4.88 Å². The summed E-state index contributed by atoms with van der Waals surface area (Å²) in [5.74, 6) is 0. The van der Waals surface area contributed by atoms with Crippen LogP contribution in [0, 0.1) is 11.3 Å². The van der Waals surface area contributed by atoms with Gasteiger partial charge in [0.05, 0.1) is 18.5 Å². The van der Waals surface area contributed by atoms with Crippen LogP contribution < -0.4 is 0 Å². The van der Waals surface area contributed by atoms with E-state index in [0.29, 0.717) is 5.56 Å². The molecule has 1 aromatic heterocycles. The van der Waals surface area contributed by atoms with Crippen molar-refractivity contribution in [3.63, 3.8) is 0 Å². The number of aryl methyl sites for hydroxylation is 1. The van der Waals surface area contributed by atoms with Crippen LogP contribution in [0.25, 0.3) is 0 Å². The van der Waals surface area contributed by atoms with Crippen molar-refractivity contribution in [2.24, 2.45) is 4.99 Å². The van der Waals surface area contributed by atoms with Crippen LogP contribution in [-0.4, -0.2) is 37.0 Å². The average Bonchev–Trinajstić information content (AvgIpc) is 2.75. The van der Waals surface area contributed by atoms with Crippen molar-refractivity contribution in [1.82, 2.24) is 4.90 Å². The third-order valence-corrected chi connectivity index (χ3v) is 4.72. The zero-order chi connectivity index (χ0) is 14.0. The fourth-order valence-electron chi connectivity index (χ4n) is 2.56. The quantitative estimate of drug-likeness (QED) is 0.682. The number of hydrogen-bond donors (Lipinski definition) is 1. The first-order valence-corrected chi connectivity index (χ1v) is 7.21. The summed E-state index contributed by atoms with van der Waals surface area (Å²) >= 11 is 1.59. The summed E-state index contributed by atoms with van der Waals surface area (Å²) in [5, 5.41) is 19.9. The zero-order valence-corrected chi connectivity index (χ0v) is 12.4. The number of nitrogens with zero attached hydrogens (tertiary/aromatic N) is 3. The van der Waals surface area contributed by atoms with Crippen LogP contribution in [0.1, 0.15) is 35.8 Å². The highest BCUT2D eigenvalue weighted by molar-refractivity contribution is 7.16. The molecule has 1 heterocycles. The third kappa shape index (κ3) is 2.51. The second-order valence-corrected chi connectivity index (χ2v) is 6.56. The molecule has 0 aliphatic heterocycles. The third-order valence-electron chi connectivity index (χ3n) is 3.57. The van der Waals surface area contributed by atoms with Crippen molar-refractivity contribution in [2.75, 3.05) is 20.7 Å². The standard InChI is InChI=1S/C14H19N3OS/c1-14(8-18)6-4-5-11-12(14)10(7-15)13(19-11)16-9-17(2)3/h9,18H,4-6,8H2,1-3H3/b16-9+/t14-/m1/s1. The predicted molar refractivity (Wildman–Crippen MR) is 78.2 cm³/mol. The number of nitriles is 1. The number of rotatable bonds is 3. The van der Waals surface area contributed by atoms with Gasteiger partial charge in [-0.05, 0) is 24.8 Å². The summed E-state index contributed by atoms with van der Waals surface area (Å²) in [6, 6.07) is 2.28. The molecule has 1 aliphatic rings. The van der Waals surface area contributed by atoms with Crippen LogP contribution in [0.15, 0.2) is 4.99 Å². The van der Waals surface area contributed by atoms with Crippen molar-refractivity contribution in [3.8, 4) is 6.07 Å². The Hall–Kier alpha value is -1.38. The maximum absolute atomic E-state index is 9.69. The van der Waals surface area contributed by atoms with Gasteiger partial charge in [-0.1, -0.05) is 6.92 Å². The van der Waals surface area contributed by atoms with Crippen molar-refractivity contribution < 1.29 is 5.11 Å². The van der Waals surface area contributed by atoms with E-state index in [9.17, 15) is 10.4 Å². The molecular weight excluding hydrogens is 258 g/mol. The summed E-state index contributed by atoms with van der Waals surface area (Å²) in [7, 11) is 3.81. The topological polar surface area (TPSA) is 59.6 Å². The van der Waals surface area contributed by atoms with E-state index in [0.717, 1.165) is 29.8 Å². The lowest BCUT2D eigenvalue weighted by Crippen LogP contribution is -2.31. The largest absolute Gasteiger partial charge is 0.395 e. The highest BCUT2D eigenvalue weighted by Crippen LogP contribution is 2.47. The summed E-state index contributed by atoms with van der Waals surface area (Å²) in [4.78, 5) is 7.46. The molecule has 0 radical (unpaired) electrons. The van der Waals surface area contributed by atoms with E-state index < -0.39 is 0 Å². The van der Waals surface area contributed by atoms with Gasteiger partial charge in [0.2, 0.25) is 0 Å². The number of thiophene rings is 1. The monoisotopic (exact) mass is 277 g/mol. The molecule has 4 nitrogen and oxygen atoms in total. The van der Waals surface area contributed by atoms with Crippen LogP contribution in [0.2, 0.25) is 0 Å². The smallest absolute Gasteiger partial charge is 0.136 e. The summed E-state index contributed by atoms with van der Waals surface area (Å²) in [5.41, 5.74) is 1.38. The Morgan fingerprint density at radius 3 is 2.89 bits per heavy atom. The number of aliphatic hydroxyl groups is 1. The maximum atomic E-state index is 9.69. The van der Waals surface area contributed by atoms with Gasteiger partial charge in [0.15, 0.2) is 0 Å². The average molecular weight is 277 g/mol. The van der Waals surface area contributed by atoms with Gasteiger partial charge in [-0.15, -0.1) is 11.3 Å². The molecule has 0 saturated carbocycles. The molecule has 0 bridgehead atoms. The Bertz CT molecular complexity index is 542. The molecule has 19 heavy (non-hydrogen) atoms. The van der Waals surface area contributed by atoms with E-state index in [-0.39, 0.29) is 12.0 Å². The lowest BCUT2D eigenvalue weighted by molar-refractivity contribution is 0.189. The number of aliphatic imine (C=N–C) groups is 1. The Kier molecular flexibility index (Phi) is 3.93. The van der Waals surface area contributed by atoms with E-state index in [4.69, 9.17) is 0 Å². The minimum absolute atomic E-state index is 0.0856. The number of hydrogen-bond acceptors (Lipinski definition) is 4. The van der Waals surface area contributed by atoms with E-state index in [1.54, 1.807) is 17.7 Å². The zero-order valence-electron chi connectivity index (χ0n) is 11.6. The summed E-state index contributed by atoms with van der Waals surface area (Å²) < 4.78 is 0. The molecule has 0 unspecified atom stereocenters. The van der Waals surface area contributed by atoms with Gasteiger partial charge in [0.25, 0.3) is 0 Å². The first kappa shape index (κ1) is 14.0. The van der Waals surface area contributed by atoms with Gasteiger partial charge >= 0.3 is 0 Å². The molecule has 1 aliphatic carbocycles. The predicted octanol–water partition coefficient (Wildman–Crippen LogP) is 2.43. The molecule has 0 amide bonds. The molecular formula is C14H19N3OS. The molecule has 0 fully saturated rings. The minimum Gasteiger partial charge on any atom is -0.395 e. The first-order chi connectivity index (χ1) is 9.01. The van der Waals surface area contributed by atoms with Gasteiger partial charge in [0, 0.05) is 24.4 Å². The number of fused-ring (bicyclic) bond motifs is 1. The fraction of sp³-hybridized carbons (Fsp3) is 0.571. The molecule has 1 aromatic rings. The SMILES string of the molecule is CN(C)/C=N/c1sc2c(c1C#N)[C@@](C)(CO)CCC2. The first-order valence-electron chi connectivity index (χ1n) is 6.39. The minimum atomic E-state index is -0.291. The van der Waals surface area contributed by atoms with Crippen LogP contribution >= 0.6 is 11.3 Å². The van der Waals surface area contributed by atoms with Gasteiger partial charge in [-0.2, -0.15) is 5.26 Å². The summed E-state index contributed by atoms with van der Waals surface area (Å²) in [6.07, 6.45) is 4.70. The van der Waals surface area contributed by atoms with E-state index >= 15 is 0 Å². The van der Waals surface area contributed by atoms with Crippen molar-refractivity contribution in [3.05, 3.63) is 16.0 Å². The highest BCUT2D eigenvalue weighted by atomic mass is 32.1. The molecule has 1 N–H and O–H groups in total. The molecule has 5 heteroatoms. The Morgan fingerprint density at radius 2 is 2.32 bits per heavy atom. The normalized spacial score (nSPS) is 22.3. The second kappa shape index (κ2) is 5.32. The summed E-state index contributed by atoms with van der Waals surface area (Å²) in [6.45, 7) is 2.13. The van der Waals surface area contributed by atoms with E-state index in [2.05, 4.69) is 11.1 Å². The van der Waals surface area contributed by atoms with Crippen molar-refractivity contribution in [1.29, 1.82) is 5.26 Å². The van der Waals surface area contributed by atoms with Crippen LogP contribution in [0.4, 0.5) is 5.00 Å². The van der Waals surface area contributed by atoms with Crippen LogP contribution in [0.5, 0.6) is 0 Å². The molecule has 1 atom stereocenters. The molecule has 102 valence electrons. The van der Waals surface area contributed by atoms with Gasteiger partial charge in [-0.25, -0.2) is 4.99 Å². The van der Waals surface area contributed by atoms with Crippen LogP contribution in [-0.2, 0) is 11.8 Å². The Balaban J connectivity index is 2.54. The van der Waals surface area contributed by atoms with Gasteiger partial charge in [0.1, 0.15) is 11.1 Å². The lowest BCUT2D eigenvalue weighted by Gasteiger charge is -2.32. The molecule has 2 rings (SSSR count). The lowest BCUT2D eigenvalue weighted by atomic mass is 9.73. The molecule has 0 saturated heterocycles. The fourth-order valence-corrected chi connectivity index (χ4v) is 3.84. The van der Waals surface area contributed by atoms with Crippen LogP contribution in [0.3, 0.4) is 0 Å². The van der Waals surface area contributed by atoms with Gasteiger partial charge in [-0.3, -0.25) is 0 Å². The molecule has 0 spiro atoms. The highest BCUT2D eigenvalue weighted by Gasteiger charge is 2.36. The van der Waals surface area contributed by atoms with E-state index in [1.807, 2.05) is 25.9 Å². The van der Waals surface area contributed by atoms with Crippen molar-refractivity contribution >= 4 is 22.7 Å². The Morgan fingerprint density at radius 1 is 1.58 bits per heavy atom. The second-order valence-electron chi connectivity index (χ2n) is 5.47. The maximum Gasteiger partial charge on any atom is 0.136 e. The Labute approximate surface area is 118 Å². The van der Waals surface area contributed by atoms with Gasteiger partial charge < -0.3 is 10.0 Å². The number of aliphatic hydroxyl groups excluding tert-OH is 1. The van der Waals surface area contributed by atoms with Crippen molar-refractivity contribution in [2.45, 2.75) is 31.6 Å². The molecule has 0 aromatic carbocycles.